The molecule has 1 N–H and O–H groups in total. The van der Waals surface area contributed by atoms with E-state index < -0.39 is 0 Å². The largest absolute Gasteiger partial charge is 0.337 e. The minimum atomic E-state index is 0.399. The Hall–Kier alpha value is -2.69. The Balaban J connectivity index is 2.13. The molecule has 3 aromatic rings. The first-order chi connectivity index (χ1) is 13.9. The normalized spacial score (nSPS) is 11.7. The molecule has 0 saturated carbocycles. The van der Waals surface area contributed by atoms with Crippen LogP contribution in [0.5, 0.6) is 0 Å². The highest BCUT2D eigenvalue weighted by molar-refractivity contribution is 7.73. The molecule has 3 rings (SSSR count). The van der Waals surface area contributed by atoms with Crippen LogP contribution in [0.4, 0.5) is 11.4 Å². The van der Waals surface area contributed by atoms with Crippen molar-refractivity contribution in [2.75, 3.05) is 18.0 Å². The predicted molar refractivity (Wildman–Crippen MR) is 125 cm³/mol. The van der Waals surface area contributed by atoms with E-state index >= 15 is 0 Å². The van der Waals surface area contributed by atoms with E-state index in [0.29, 0.717) is 18.4 Å². The average molecular weight is 424 g/mol. The van der Waals surface area contributed by atoms with Crippen LogP contribution in [0.25, 0.3) is 10.2 Å². The molecular formula is C22H25N5S2. The highest BCUT2D eigenvalue weighted by atomic mass is 32.1. The molecule has 0 atom stereocenters. The summed E-state index contributed by atoms with van der Waals surface area (Å²) in [7, 11) is 0. The number of hydrogen-bond donors (Lipinski definition) is 1. The smallest absolute Gasteiger partial charge is 0.219 e. The van der Waals surface area contributed by atoms with Crippen molar-refractivity contribution in [1.82, 2.24) is 9.88 Å². The Labute approximate surface area is 180 Å². The number of aromatic nitrogens is 1. The predicted octanol–water partition coefficient (Wildman–Crippen LogP) is 6.22. The molecule has 29 heavy (non-hydrogen) atoms. The zero-order valence-corrected chi connectivity index (χ0v) is 18.8. The maximum atomic E-state index is 9.78. The van der Waals surface area contributed by atoms with Crippen molar-refractivity contribution in [3.8, 4) is 6.19 Å². The van der Waals surface area contributed by atoms with E-state index in [4.69, 9.17) is 17.2 Å². The molecule has 0 bridgehead atoms. The Bertz CT molecular complexity index is 1100. The maximum Gasteiger partial charge on any atom is 0.219 e. The lowest BCUT2D eigenvalue weighted by Crippen LogP contribution is -2.44. The first kappa shape index (κ1) is 21.0. The third kappa shape index (κ3) is 5.03. The topological polar surface area (TPSA) is 58.4 Å². The van der Waals surface area contributed by atoms with Gasteiger partial charge in [-0.05, 0) is 62.3 Å². The van der Waals surface area contributed by atoms with Gasteiger partial charge in [-0.15, -0.1) is 11.3 Å². The third-order valence-corrected chi connectivity index (χ3v) is 5.64. The van der Waals surface area contributed by atoms with Gasteiger partial charge in [0.15, 0.2) is 10.1 Å². The standard InChI is InChI=1S/C22H25N5S2/c1-5-26(14-23)21(24-17-8-11-19-20(12-17)29-22(28)25-19)27(13-15(2)3)18-9-6-16(4)7-10-18/h6-12,15H,5,13H2,1-4H3,(H,25,28). The van der Waals surface area contributed by atoms with Gasteiger partial charge in [0.1, 0.15) is 0 Å². The van der Waals surface area contributed by atoms with E-state index in [1.165, 1.54) is 16.9 Å². The van der Waals surface area contributed by atoms with Crippen LogP contribution >= 0.6 is 23.6 Å². The highest BCUT2D eigenvalue weighted by Crippen LogP contribution is 2.27. The van der Waals surface area contributed by atoms with Crippen molar-refractivity contribution < 1.29 is 0 Å². The van der Waals surface area contributed by atoms with Crippen LogP contribution in [-0.4, -0.2) is 28.9 Å². The average Bonchev–Trinajstić information content (AvgIpc) is 3.06. The van der Waals surface area contributed by atoms with Gasteiger partial charge in [-0.2, -0.15) is 5.26 Å². The number of rotatable bonds is 5. The molecular weight excluding hydrogens is 398 g/mol. The molecule has 150 valence electrons. The number of nitriles is 1. The van der Waals surface area contributed by atoms with Gasteiger partial charge < -0.3 is 9.88 Å². The van der Waals surface area contributed by atoms with Gasteiger partial charge in [-0.25, -0.2) is 9.89 Å². The summed E-state index contributed by atoms with van der Waals surface area (Å²) in [5, 5.41) is 9.78. The number of thiazole rings is 1. The zero-order chi connectivity index (χ0) is 21.0. The second-order valence-corrected chi connectivity index (χ2v) is 9.01. The number of anilines is 1. The van der Waals surface area contributed by atoms with E-state index in [9.17, 15) is 5.26 Å². The van der Waals surface area contributed by atoms with Crippen LogP contribution in [0.1, 0.15) is 26.3 Å². The lowest BCUT2D eigenvalue weighted by atomic mass is 10.1. The molecule has 0 amide bonds. The number of aliphatic imine (C=N–C) groups is 1. The van der Waals surface area contributed by atoms with Gasteiger partial charge >= 0.3 is 0 Å². The van der Waals surface area contributed by atoms with Crippen LogP contribution in [0.2, 0.25) is 0 Å². The number of aryl methyl sites for hydroxylation is 1. The number of nitrogens with one attached hydrogen (secondary N) is 1. The van der Waals surface area contributed by atoms with Crippen LogP contribution in [-0.2, 0) is 0 Å². The van der Waals surface area contributed by atoms with Crippen molar-refractivity contribution in [3.63, 3.8) is 0 Å². The van der Waals surface area contributed by atoms with E-state index in [0.717, 1.165) is 32.1 Å². The molecule has 0 spiro atoms. The minimum Gasteiger partial charge on any atom is -0.337 e. The number of aromatic amines is 1. The Kier molecular flexibility index (Phi) is 6.68. The number of hydrogen-bond acceptors (Lipinski definition) is 4. The highest BCUT2D eigenvalue weighted by Gasteiger charge is 2.21. The number of benzene rings is 2. The zero-order valence-electron chi connectivity index (χ0n) is 17.1. The second-order valence-electron chi connectivity index (χ2n) is 7.29. The number of fused-ring (bicyclic) bond motifs is 1. The monoisotopic (exact) mass is 423 g/mol. The van der Waals surface area contributed by atoms with Crippen molar-refractivity contribution in [3.05, 3.63) is 52.0 Å². The molecule has 1 heterocycles. The lowest BCUT2D eigenvalue weighted by molar-refractivity contribution is 0.572. The van der Waals surface area contributed by atoms with Crippen LogP contribution in [0, 0.1) is 28.3 Å². The molecule has 0 saturated heterocycles. The Morgan fingerprint density at radius 3 is 2.59 bits per heavy atom. The summed E-state index contributed by atoms with van der Waals surface area (Å²) in [6.45, 7) is 9.66. The van der Waals surface area contributed by atoms with Crippen LogP contribution in [0.3, 0.4) is 0 Å². The van der Waals surface area contributed by atoms with Gasteiger partial charge in [-0.3, -0.25) is 0 Å². The molecule has 5 nitrogen and oxygen atoms in total. The molecule has 0 unspecified atom stereocenters. The van der Waals surface area contributed by atoms with Crippen molar-refractivity contribution >= 4 is 51.1 Å². The minimum absolute atomic E-state index is 0.399. The second kappa shape index (κ2) is 9.21. The summed E-state index contributed by atoms with van der Waals surface area (Å²) in [6, 6.07) is 14.3. The fourth-order valence-corrected chi connectivity index (χ4v) is 4.18. The first-order valence-corrected chi connectivity index (χ1v) is 10.9. The van der Waals surface area contributed by atoms with Gasteiger partial charge in [0, 0.05) is 18.8 Å². The fourth-order valence-electron chi connectivity index (χ4n) is 3.03. The molecule has 0 aliphatic heterocycles. The fraction of sp³-hybridized carbons (Fsp3) is 0.318. The van der Waals surface area contributed by atoms with Gasteiger partial charge in [0.05, 0.1) is 15.9 Å². The summed E-state index contributed by atoms with van der Waals surface area (Å²) in [4.78, 5) is 11.8. The van der Waals surface area contributed by atoms with E-state index in [1.807, 2.05) is 25.1 Å². The summed E-state index contributed by atoms with van der Waals surface area (Å²) >= 11 is 6.78. The molecule has 0 fully saturated rings. The lowest BCUT2D eigenvalue weighted by Gasteiger charge is -2.31. The Morgan fingerprint density at radius 1 is 1.24 bits per heavy atom. The molecule has 0 radical (unpaired) electrons. The Morgan fingerprint density at radius 2 is 1.97 bits per heavy atom. The molecule has 1 aromatic heterocycles. The molecule has 0 aliphatic carbocycles. The van der Waals surface area contributed by atoms with Gasteiger partial charge in [-0.1, -0.05) is 31.5 Å². The molecule has 0 aliphatic rings. The summed E-state index contributed by atoms with van der Waals surface area (Å²) in [5.41, 5.74) is 4.02. The van der Waals surface area contributed by atoms with E-state index in [-0.39, 0.29) is 0 Å². The van der Waals surface area contributed by atoms with Crippen LogP contribution < -0.4 is 4.90 Å². The van der Waals surface area contributed by atoms with Crippen molar-refractivity contribution in [2.45, 2.75) is 27.7 Å². The number of guanidine groups is 1. The summed E-state index contributed by atoms with van der Waals surface area (Å²) in [6.07, 6.45) is 2.29. The van der Waals surface area contributed by atoms with E-state index in [1.54, 1.807) is 4.90 Å². The number of nitrogens with zero attached hydrogens (tertiary/aromatic N) is 4. The van der Waals surface area contributed by atoms with Crippen molar-refractivity contribution in [1.29, 1.82) is 5.26 Å². The molecule has 7 heteroatoms. The third-order valence-electron chi connectivity index (χ3n) is 4.45. The van der Waals surface area contributed by atoms with Gasteiger partial charge in [0.2, 0.25) is 5.96 Å². The van der Waals surface area contributed by atoms with Gasteiger partial charge in [0.25, 0.3) is 0 Å². The SMILES string of the molecule is CCN(C#N)C(=Nc1ccc2[nH]c(=S)sc2c1)N(CC(C)C)c1ccc(C)cc1. The summed E-state index contributed by atoms with van der Waals surface area (Å²) in [5.74, 6) is 1.03. The number of H-pyrrole nitrogens is 1. The maximum absolute atomic E-state index is 9.78. The van der Waals surface area contributed by atoms with Crippen LogP contribution in [0.15, 0.2) is 47.5 Å². The quantitative estimate of drug-likeness (QED) is 0.174. The summed E-state index contributed by atoms with van der Waals surface area (Å²) < 4.78 is 1.80. The van der Waals surface area contributed by atoms with E-state index in [2.05, 4.69) is 61.1 Å². The molecule has 2 aromatic carbocycles. The van der Waals surface area contributed by atoms with Crippen molar-refractivity contribution in [2.24, 2.45) is 10.9 Å². The first-order valence-electron chi connectivity index (χ1n) is 9.64.